The molecule has 0 amide bonds. The fourth-order valence-corrected chi connectivity index (χ4v) is 6.28. The molecule has 7 heteroatoms. The third-order valence-electron chi connectivity index (χ3n) is 8.61. The average Bonchev–Trinajstić information content (AvgIpc) is 3.69. The number of nitrogens with zero attached hydrogens (tertiary/aromatic N) is 1. The second kappa shape index (κ2) is 13.5. The van der Waals surface area contributed by atoms with Crippen molar-refractivity contribution in [2.75, 3.05) is 13.2 Å². The Bertz CT molecular complexity index is 1750. The van der Waals surface area contributed by atoms with E-state index in [9.17, 15) is 19.8 Å². The SMILES string of the molecule is Cc1cc(C)c(OC/C=C/COc2ccc(/C=C/c3cccc4c(CC5(CC(=O)O)CC5)c(C)n(CC(=O)O)c34)cc2)c(C)c1. The van der Waals surface area contributed by atoms with Gasteiger partial charge in [-0.2, -0.15) is 0 Å². The number of carboxylic acid groups (broad SMARTS) is 2. The number of aliphatic carboxylic acids is 2. The molecule has 1 aliphatic rings. The molecule has 1 heterocycles. The van der Waals surface area contributed by atoms with Crippen molar-refractivity contribution in [3.63, 3.8) is 0 Å². The number of hydrogen-bond acceptors (Lipinski definition) is 4. The first kappa shape index (κ1) is 31.6. The summed E-state index contributed by atoms with van der Waals surface area (Å²) in [6, 6.07) is 18.0. The van der Waals surface area contributed by atoms with E-state index in [1.807, 2.05) is 78.3 Å². The summed E-state index contributed by atoms with van der Waals surface area (Å²) in [5.41, 5.74) is 7.94. The van der Waals surface area contributed by atoms with Gasteiger partial charge in [-0.3, -0.25) is 9.59 Å². The molecule has 1 saturated carbocycles. The fraction of sp³-hybridized carbons (Fsp3) is 0.316. The van der Waals surface area contributed by atoms with E-state index in [-0.39, 0.29) is 18.4 Å². The van der Waals surface area contributed by atoms with Crippen molar-refractivity contribution in [2.24, 2.45) is 5.41 Å². The topological polar surface area (TPSA) is 98.0 Å². The standard InChI is InChI=1S/C38H41NO6/c1-25-20-26(2)37(27(3)21-25)45-19-6-5-18-44-31-14-11-29(12-15-31)10-13-30-8-7-9-32-33(22-38(16-17-38)23-34(40)41)28(4)39(36(30)32)24-35(42)43/h5-15,20-21H,16-19,22-24H2,1-4H3,(H,40,41)(H,42,43)/b6-5+,13-10+. The van der Waals surface area contributed by atoms with E-state index < -0.39 is 11.9 Å². The van der Waals surface area contributed by atoms with Crippen molar-refractivity contribution in [3.8, 4) is 11.5 Å². The summed E-state index contributed by atoms with van der Waals surface area (Å²) in [7, 11) is 0. The maximum Gasteiger partial charge on any atom is 0.323 e. The van der Waals surface area contributed by atoms with Gasteiger partial charge in [0.1, 0.15) is 31.3 Å². The smallest absolute Gasteiger partial charge is 0.323 e. The Morgan fingerprint density at radius 3 is 2.16 bits per heavy atom. The van der Waals surface area contributed by atoms with Crippen LogP contribution in [0.25, 0.3) is 23.1 Å². The lowest BCUT2D eigenvalue weighted by molar-refractivity contribution is -0.139. The van der Waals surface area contributed by atoms with Crippen LogP contribution >= 0.6 is 0 Å². The zero-order chi connectivity index (χ0) is 32.1. The van der Waals surface area contributed by atoms with Crippen LogP contribution in [0.3, 0.4) is 0 Å². The van der Waals surface area contributed by atoms with E-state index in [0.29, 0.717) is 19.6 Å². The van der Waals surface area contributed by atoms with Gasteiger partial charge in [-0.05, 0) is 104 Å². The highest BCUT2D eigenvalue weighted by molar-refractivity contribution is 5.95. The predicted octanol–water partition coefficient (Wildman–Crippen LogP) is 7.94. The maximum absolute atomic E-state index is 11.8. The number of rotatable bonds is 14. The number of carboxylic acids is 2. The van der Waals surface area contributed by atoms with Gasteiger partial charge in [-0.1, -0.05) is 60.2 Å². The van der Waals surface area contributed by atoms with Crippen molar-refractivity contribution in [1.29, 1.82) is 0 Å². The van der Waals surface area contributed by atoms with Crippen LogP contribution in [0.1, 0.15) is 58.3 Å². The second-order valence-corrected chi connectivity index (χ2v) is 12.3. The summed E-state index contributed by atoms with van der Waals surface area (Å²) in [5, 5.41) is 20.1. The number of aromatic nitrogens is 1. The molecule has 1 aromatic heterocycles. The van der Waals surface area contributed by atoms with Gasteiger partial charge >= 0.3 is 11.9 Å². The molecule has 3 aromatic carbocycles. The minimum absolute atomic E-state index is 0.134. The fourth-order valence-electron chi connectivity index (χ4n) is 6.28. The Balaban J connectivity index is 1.25. The van der Waals surface area contributed by atoms with Crippen molar-refractivity contribution in [1.82, 2.24) is 4.57 Å². The molecule has 1 aliphatic carbocycles. The van der Waals surface area contributed by atoms with E-state index in [2.05, 4.69) is 32.9 Å². The Morgan fingerprint density at radius 2 is 1.53 bits per heavy atom. The zero-order valence-electron chi connectivity index (χ0n) is 26.4. The molecule has 1 fully saturated rings. The molecule has 0 bridgehead atoms. The quantitative estimate of drug-likeness (QED) is 0.112. The molecule has 0 aliphatic heterocycles. The van der Waals surface area contributed by atoms with E-state index >= 15 is 0 Å². The number of ether oxygens (including phenoxy) is 2. The van der Waals surface area contributed by atoms with Gasteiger partial charge in [-0.15, -0.1) is 0 Å². The number of hydrogen-bond donors (Lipinski definition) is 2. The number of aryl methyl sites for hydroxylation is 3. The number of para-hydroxylation sites is 1. The van der Waals surface area contributed by atoms with E-state index in [1.165, 1.54) is 5.56 Å². The predicted molar refractivity (Wildman–Crippen MR) is 178 cm³/mol. The van der Waals surface area contributed by atoms with Gasteiger partial charge in [0, 0.05) is 11.1 Å². The van der Waals surface area contributed by atoms with Crippen molar-refractivity contribution in [3.05, 3.63) is 106 Å². The summed E-state index contributed by atoms with van der Waals surface area (Å²) < 4.78 is 13.7. The number of fused-ring (bicyclic) bond motifs is 1. The second-order valence-electron chi connectivity index (χ2n) is 12.3. The van der Waals surface area contributed by atoms with Gasteiger partial charge < -0.3 is 24.3 Å². The van der Waals surface area contributed by atoms with Crippen molar-refractivity contribution >= 4 is 35.0 Å². The van der Waals surface area contributed by atoms with Crippen LogP contribution in [-0.4, -0.2) is 39.9 Å². The highest BCUT2D eigenvalue weighted by Gasteiger charge is 2.45. The van der Waals surface area contributed by atoms with Crippen molar-refractivity contribution < 1.29 is 29.3 Å². The lowest BCUT2D eigenvalue weighted by atomic mass is 9.91. The molecular weight excluding hydrogens is 566 g/mol. The van der Waals surface area contributed by atoms with Gasteiger partial charge in [-0.25, -0.2) is 0 Å². The van der Waals surface area contributed by atoms with E-state index in [4.69, 9.17) is 9.47 Å². The molecule has 7 nitrogen and oxygen atoms in total. The molecule has 2 N–H and O–H groups in total. The normalized spacial score (nSPS) is 14.0. The third-order valence-corrected chi connectivity index (χ3v) is 8.61. The lowest BCUT2D eigenvalue weighted by Gasteiger charge is -2.13. The first-order valence-corrected chi connectivity index (χ1v) is 15.4. The summed E-state index contributed by atoms with van der Waals surface area (Å²) in [6.45, 7) is 8.90. The minimum Gasteiger partial charge on any atom is -0.490 e. The zero-order valence-corrected chi connectivity index (χ0v) is 26.4. The van der Waals surface area contributed by atoms with Crippen LogP contribution in [0, 0.1) is 33.1 Å². The highest BCUT2D eigenvalue weighted by atomic mass is 16.5. The molecule has 4 aromatic rings. The van der Waals surface area contributed by atoms with Crippen LogP contribution in [0.15, 0.2) is 66.7 Å². The first-order chi connectivity index (χ1) is 21.5. The molecule has 234 valence electrons. The molecule has 0 spiro atoms. The Hall–Kier alpha value is -4.78. The van der Waals surface area contributed by atoms with Gasteiger partial charge in [0.05, 0.1) is 11.9 Å². The van der Waals surface area contributed by atoms with Crippen molar-refractivity contribution in [2.45, 2.75) is 59.9 Å². The molecule has 0 atom stereocenters. The summed E-state index contributed by atoms with van der Waals surface area (Å²) >= 11 is 0. The average molecular weight is 608 g/mol. The van der Waals surface area contributed by atoms with Crippen LogP contribution in [0.2, 0.25) is 0 Å². The Kier molecular flexibility index (Phi) is 9.47. The molecular formula is C38H41NO6. The number of benzene rings is 3. The monoisotopic (exact) mass is 607 g/mol. The highest BCUT2D eigenvalue weighted by Crippen LogP contribution is 2.52. The summed E-state index contributed by atoms with van der Waals surface area (Å²) in [6.07, 6.45) is 10.4. The maximum atomic E-state index is 11.8. The van der Waals surface area contributed by atoms with Crippen LogP contribution in [0.5, 0.6) is 11.5 Å². The van der Waals surface area contributed by atoms with Gasteiger partial charge in [0.2, 0.25) is 0 Å². The van der Waals surface area contributed by atoms with Crippen LogP contribution in [0.4, 0.5) is 0 Å². The summed E-state index contributed by atoms with van der Waals surface area (Å²) in [4.78, 5) is 23.3. The Morgan fingerprint density at radius 1 is 0.867 bits per heavy atom. The molecule has 0 saturated heterocycles. The van der Waals surface area contributed by atoms with E-state index in [0.717, 1.165) is 68.8 Å². The third kappa shape index (κ3) is 7.66. The van der Waals surface area contributed by atoms with Crippen LogP contribution < -0.4 is 9.47 Å². The molecule has 0 unspecified atom stereocenters. The van der Waals surface area contributed by atoms with E-state index in [1.54, 1.807) is 0 Å². The Labute approximate surface area is 264 Å². The number of carbonyl (C=O) groups is 2. The van der Waals surface area contributed by atoms with Gasteiger partial charge in [0.15, 0.2) is 0 Å². The molecule has 5 rings (SSSR count). The minimum atomic E-state index is -0.915. The van der Waals surface area contributed by atoms with Crippen LogP contribution in [-0.2, 0) is 22.6 Å². The van der Waals surface area contributed by atoms with Gasteiger partial charge in [0.25, 0.3) is 0 Å². The lowest BCUT2D eigenvalue weighted by Crippen LogP contribution is -2.13. The molecule has 45 heavy (non-hydrogen) atoms. The molecule has 0 radical (unpaired) electrons. The summed E-state index contributed by atoms with van der Waals surface area (Å²) in [5.74, 6) is -0.0129. The largest absolute Gasteiger partial charge is 0.490 e. The first-order valence-electron chi connectivity index (χ1n) is 15.4.